The number of hydrazone groups is 1. The van der Waals surface area contributed by atoms with Gasteiger partial charge in [-0.15, -0.1) is 0 Å². The normalized spacial score (nSPS) is 16.6. The minimum absolute atomic E-state index is 0.0527. The van der Waals surface area contributed by atoms with Crippen LogP contribution in [0.25, 0.3) is 0 Å². The first kappa shape index (κ1) is 18.9. The number of furan rings is 1. The van der Waals surface area contributed by atoms with Crippen molar-refractivity contribution >= 4 is 34.6 Å². The number of benzene rings is 1. The lowest BCUT2D eigenvalue weighted by Crippen LogP contribution is -2.36. The number of thiophene rings is 1. The smallest absolute Gasteiger partial charge is 0.257 e. The number of hydrogen-bond donors (Lipinski definition) is 0. The minimum atomic E-state index is -0.234. The van der Waals surface area contributed by atoms with Gasteiger partial charge < -0.3 is 4.42 Å². The molecule has 1 aliphatic rings. The van der Waals surface area contributed by atoms with E-state index in [1.54, 1.807) is 22.6 Å². The Kier molecular flexibility index (Phi) is 5.62. The highest BCUT2D eigenvalue weighted by Crippen LogP contribution is 2.33. The largest absolute Gasteiger partial charge is 0.467 e. The van der Waals surface area contributed by atoms with Crippen LogP contribution in [0.15, 0.2) is 69.0 Å². The number of likely N-dealkylation sites (N-methyl/N-ethyl adjacent to an activating group) is 1. The first-order valence-corrected chi connectivity index (χ1v) is 10.3. The molecule has 0 saturated carbocycles. The average Bonchev–Trinajstić information content (AvgIpc) is 3.43. The van der Waals surface area contributed by atoms with Crippen LogP contribution in [0.3, 0.4) is 0 Å². The van der Waals surface area contributed by atoms with E-state index in [0.29, 0.717) is 11.4 Å². The number of halogens is 1. The summed E-state index contributed by atoms with van der Waals surface area (Å²) in [7, 11) is 1.94. The van der Waals surface area contributed by atoms with Crippen molar-refractivity contribution in [2.75, 3.05) is 13.6 Å². The van der Waals surface area contributed by atoms with Crippen LogP contribution < -0.4 is 0 Å². The van der Waals surface area contributed by atoms with Crippen molar-refractivity contribution in [3.8, 4) is 0 Å². The molecular formula is C21H20ClN3O2S. The molecule has 0 spiro atoms. The van der Waals surface area contributed by atoms with E-state index < -0.39 is 0 Å². The van der Waals surface area contributed by atoms with Crippen LogP contribution >= 0.6 is 22.9 Å². The van der Waals surface area contributed by atoms with Crippen LogP contribution in [0.5, 0.6) is 0 Å². The van der Waals surface area contributed by atoms with Crippen molar-refractivity contribution in [3.63, 3.8) is 0 Å². The molecule has 1 aliphatic heterocycles. The molecule has 0 aliphatic carbocycles. The topological polar surface area (TPSA) is 49.1 Å². The molecule has 0 radical (unpaired) electrons. The van der Waals surface area contributed by atoms with Crippen LogP contribution in [-0.4, -0.2) is 35.1 Å². The highest BCUT2D eigenvalue weighted by Gasteiger charge is 2.35. The molecule has 7 heteroatoms. The predicted octanol–water partition coefficient (Wildman–Crippen LogP) is 4.80. The van der Waals surface area contributed by atoms with Gasteiger partial charge in [-0.1, -0.05) is 23.7 Å². The molecule has 2 aromatic heterocycles. The molecular weight excluding hydrogens is 394 g/mol. The molecule has 5 nitrogen and oxygen atoms in total. The summed E-state index contributed by atoms with van der Waals surface area (Å²) in [6.07, 6.45) is 2.23. The van der Waals surface area contributed by atoms with Crippen LogP contribution in [0.1, 0.15) is 29.3 Å². The van der Waals surface area contributed by atoms with Gasteiger partial charge in [0.15, 0.2) is 0 Å². The summed E-state index contributed by atoms with van der Waals surface area (Å²) in [6, 6.07) is 13.1. The third-order valence-electron chi connectivity index (χ3n) is 4.65. The lowest BCUT2D eigenvalue weighted by molar-refractivity contribution is -0.134. The van der Waals surface area contributed by atoms with E-state index in [0.717, 1.165) is 23.6 Å². The van der Waals surface area contributed by atoms with E-state index in [1.165, 1.54) is 5.56 Å². The molecule has 0 fully saturated rings. The molecule has 1 aromatic carbocycles. The fourth-order valence-electron chi connectivity index (χ4n) is 3.31. The zero-order valence-electron chi connectivity index (χ0n) is 15.4. The Hall–Kier alpha value is -2.41. The number of rotatable bonds is 6. The first-order chi connectivity index (χ1) is 13.6. The molecule has 0 saturated heterocycles. The van der Waals surface area contributed by atoms with Gasteiger partial charge in [-0.05, 0) is 59.3 Å². The summed E-state index contributed by atoms with van der Waals surface area (Å²) in [5.74, 6) is 0.685. The summed E-state index contributed by atoms with van der Waals surface area (Å²) in [6.45, 7) is 1.01. The van der Waals surface area contributed by atoms with E-state index in [-0.39, 0.29) is 18.5 Å². The number of carbonyl (C=O) groups excluding carboxylic acids is 1. The molecule has 1 amide bonds. The number of nitrogens with zero attached hydrogens (tertiary/aromatic N) is 3. The van der Waals surface area contributed by atoms with Crippen LogP contribution in [0.4, 0.5) is 0 Å². The Labute approximate surface area is 172 Å². The van der Waals surface area contributed by atoms with Crippen molar-refractivity contribution in [1.29, 1.82) is 0 Å². The van der Waals surface area contributed by atoms with E-state index in [9.17, 15) is 4.79 Å². The molecule has 3 heterocycles. The van der Waals surface area contributed by atoms with Gasteiger partial charge in [-0.2, -0.15) is 16.4 Å². The fraction of sp³-hybridized carbons (Fsp3) is 0.238. The van der Waals surface area contributed by atoms with Crippen LogP contribution in [-0.2, 0) is 11.3 Å². The van der Waals surface area contributed by atoms with Crippen molar-refractivity contribution < 1.29 is 9.21 Å². The molecule has 0 unspecified atom stereocenters. The van der Waals surface area contributed by atoms with Crippen LogP contribution in [0, 0.1) is 0 Å². The number of hydrogen-bond acceptors (Lipinski definition) is 5. The third-order valence-corrected chi connectivity index (χ3v) is 5.64. The zero-order valence-corrected chi connectivity index (χ0v) is 17.0. The Bertz CT molecular complexity index is 952. The second kappa shape index (κ2) is 8.31. The van der Waals surface area contributed by atoms with Gasteiger partial charge in [0.05, 0.1) is 18.5 Å². The Morgan fingerprint density at radius 3 is 2.82 bits per heavy atom. The van der Waals surface area contributed by atoms with E-state index >= 15 is 0 Å². The van der Waals surface area contributed by atoms with Gasteiger partial charge in [-0.3, -0.25) is 9.69 Å². The first-order valence-electron chi connectivity index (χ1n) is 8.98. The molecule has 28 heavy (non-hydrogen) atoms. The van der Waals surface area contributed by atoms with Gasteiger partial charge in [0.1, 0.15) is 11.8 Å². The van der Waals surface area contributed by atoms with E-state index in [1.807, 2.05) is 53.7 Å². The second-order valence-electron chi connectivity index (χ2n) is 6.83. The average molecular weight is 414 g/mol. The van der Waals surface area contributed by atoms with Gasteiger partial charge in [-0.25, -0.2) is 5.01 Å². The maximum atomic E-state index is 13.0. The lowest BCUT2D eigenvalue weighted by atomic mass is 10.0. The molecule has 3 aromatic rings. The van der Waals surface area contributed by atoms with Gasteiger partial charge in [0.2, 0.25) is 0 Å². The van der Waals surface area contributed by atoms with Crippen LogP contribution in [0.2, 0.25) is 5.02 Å². The molecule has 1 atom stereocenters. The monoisotopic (exact) mass is 413 g/mol. The quantitative estimate of drug-likeness (QED) is 0.583. The van der Waals surface area contributed by atoms with E-state index in [4.69, 9.17) is 16.0 Å². The highest BCUT2D eigenvalue weighted by atomic mass is 35.5. The minimum Gasteiger partial charge on any atom is -0.467 e. The van der Waals surface area contributed by atoms with E-state index in [2.05, 4.69) is 16.5 Å². The maximum Gasteiger partial charge on any atom is 0.257 e. The summed E-state index contributed by atoms with van der Waals surface area (Å²) >= 11 is 7.66. The van der Waals surface area contributed by atoms with Gasteiger partial charge in [0, 0.05) is 18.0 Å². The van der Waals surface area contributed by atoms with Crippen molar-refractivity contribution in [2.24, 2.45) is 5.10 Å². The fourth-order valence-corrected chi connectivity index (χ4v) is 4.10. The molecule has 0 bridgehead atoms. The number of amides is 1. The van der Waals surface area contributed by atoms with Gasteiger partial charge in [0.25, 0.3) is 5.91 Å². The zero-order chi connectivity index (χ0) is 19.5. The van der Waals surface area contributed by atoms with Crippen molar-refractivity contribution in [2.45, 2.75) is 19.0 Å². The molecule has 0 N–H and O–H groups in total. The molecule has 144 valence electrons. The summed E-state index contributed by atoms with van der Waals surface area (Å²) in [5, 5.41) is 11.0. The predicted molar refractivity (Wildman–Crippen MR) is 112 cm³/mol. The second-order valence-corrected chi connectivity index (χ2v) is 8.05. The standard InChI is InChI=1S/C21H20ClN3O2S/c1-24(12-15-8-10-28-14-15)13-21(26)25-19(20-3-2-9-27-20)11-18(23-25)16-4-6-17(22)7-5-16/h2-10,14,19H,11-13H2,1H3/t19-/m1/s1. The highest BCUT2D eigenvalue weighted by molar-refractivity contribution is 7.07. The molecule has 4 rings (SSSR count). The maximum absolute atomic E-state index is 13.0. The lowest BCUT2D eigenvalue weighted by Gasteiger charge is -2.23. The Morgan fingerprint density at radius 2 is 2.14 bits per heavy atom. The van der Waals surface area contributed by atoms with Crippen molar-refractivity contribution in [1.82, 2.24) is 9.91 Å². The van der Waals surface area contributed by atoms with Crippen molar-refractivity contribution in [3.05, 3.63) is 81.4 Å². The Balaban J connectivity index is 1.53. The summed E-state index contributed by atoms with van der Waals surface area (Å²) < 4.78 is 5.59. The summed E-state index contributed by atoms with van der Waals surface area (Å²) in [5.41, 5.74) is 3.02. The Morgan fingerprint density at radius 1 is 1.32 bits per heavy atom. The third kappa shape index (κ3) is 4.19. The number of carbonyl (C=O) groups is 1. The summed E-state index contributed by atoms with van der Waals surface area (Å²) in [4.78, 5) is 15.0. The SMILES string of the molecule is CN(CC(=O)N1N=C(c2ccc(Cl)cc2)C[C@@H]1c1ccco1)Cc1ccsc1. The van der Waals surface area contributed by atoms with Gasteiger partial charge >= 0.3 is 0 Å².